The molecule has 1 heterocycles. The van der Waals surface area contributed by atoms with Crippen LogP contribution in [0.4, 0.5) is 39.8 Å². The summed E-state index contributed by atoms with van der Waals surface area (Å²) in [5.74, 6) is 11.0. The van der Waals surface area contributed by atoms with Crippen molar-refractivity contribution < 1.29 is 43.0 Å². The first-order valence-electron chi connectivity index (χ1n) is 35.4. The number of ether oxygens (including phenoxy) is 8. The molecule has 0 bridgehead atoms. The Morgan fingerprint density at radius 3 is 0.983 bits per heavy atom. The predicted molar refractivity (Wildman–Crippen MR) is 492 cm³/mol. The van der Waals surface area contributed by atoms with Crippen LogP contribution in [0.2, 0.25) is 0 Å². The summed E-state index contributed by atoms with van der Waals surface area (Å²) >= 11 is 23.6. The molecule has 15 rings (SSSR count). The van der Waals surface area contributed by atoms with Crippen LogP contribution in [0.5, 0.6) is 80.5 Å². The Bertz CT molecular complexity index is 5610. The van der Waals surface area contributed by atoms with E-state index in [9.17, 15) is 9.81 Å². The summed E-state index contributed by atoms with van der Waals surface area (Å²) in [6, 6.07) is 98.3. The molecule has 20 nitrogen and oxygen atoms in total. The Hall–Kier alpha value is -11.5. The maximum Gasteiger partial charge on any atom is 0.145 e. The lowest BCUT2D eigenvalue weighted by atomic mass is 10.2. The summed E-state index contributed by atoms with van der Waals surface area (Å²) < 4.78 is 49.7. The van der Waals surface area contributed by atoms with Crippen molar-refractivity contribution in [1.29, 1.82) is 0 Å². The van der Waals surface area contributed by atoms with Gasteiger partial charge in [0.05, 0.1) is 55.9 Å². The molecular formula is C90H74Br7N9O11. The number of para-hydroxylation sites is 6. The van der Waals surface area contributed by atoms with Crippen LogP contribution >= 0.6 is 112 Å². The van der Waals surface area contributed by atoms with Crippen molar-refractivity contribution in [2.45, 2.75) is 19.7 Å². The highest BCUT2D eigenvalue weighted by Crippen LogP contribution is 2.42. The van der Waals surface area contributed by atoms with Gasteiger partial charge in [-0.1, -0.05) is 133 Å². The third kappa shape index (κ3) is 27.8. The first kappa shape index (κ1) is 87.8. The van der Waals surface area contributed by atoms with Gasteiger partial charge in [0.15, 0.2) is 0 Å². The van der Waals surface area contributed by atoms with E-state index in [1.807, 2.05) is 291 Å². The lowest BCUT2D eigenvalue weighted by Crippen LogP contribution is -2.03. The molecular weight excluding hydrogens is 1940 g/mol. The summed E-state index contributed by atoms with van der Waals surface area (Å²) in [6.07, 6.45) is 0. The minimum atomic E-state index is -0.115. The van der Waals surface area contributed by atoms with Crippen molar-refractivity contribution in [3.63, 3.8) is 0 Å². The molecule has 10 N–H and O–H groups in total. The molecule has 0 saturated carbocycles. The van der Waals surface area contributed by atoms with Crippen molar-refractivity contribution in [3.05, 3.63) is 374 Å². The van der Waals surface area contributed by atoms with Crippen LogP contribution in [-0.4, -0.2) is 29.3 Å². The first-order valence-corrected chi connectivity index (χ1v) is 41.0. The number of nitrogens with one attached hydrogen (secondary N) is 3. The van der Waals surface area contributed by atoms with Crippen LogP contribution in [0.15, 0.2) is 357 Å². The number of hydrogen-bond donors (Lipinski definition) is 7. The summed E-state index contributed by atoms with van der Waals surface area (Å²) in [5, 5.41) is 21.7. The van der Waals surface area contributed by atoms with Gasteiger partial charge in [0.1, 0.15) is 110 Å². The number of methoxy groups -OCH3 is 2. The molecule has 0 aliphatic rings. The number of rotatable bonds is 23. The molecule has 117 heavy (non-hydrogen) atoms. The molecule has 0 saturated heterocycles. The lowest BCUT2D eigenvalue weighted by molar-refractivity contribution is 0.273. The maximum absolute atomic E-state index is 11.2. The van der Waals surface area contributed by atoms with E-state index in [0.29, 0.717) is 89.5 Å². The molecule has 15 aromatic rings. The van der Waals surface area contributed by atoms with Gasteiger partial charge in [-0.2, -0.15) is 0 Å². The zero-order valence-corrected chi connectivity index (χ0v) is 73.5. The molecule has 0 atom stereocenters. The number of fused-ring (bicyclic) bond motifs is 1. The highest BCUT2D eigenvalue weighted by molar-refractivity contribution is 9.12. The Morgan fingerprint density at radius 1 is 0.333 bits per heavy atom. The van der Waals surface area contributed by atoms with Crippen molar-refractivity contribution in [2.75, 3.05) is 42.1 Å². The molecule has 27 heteroatoms. The van der Waals surface area contributed by atoms with Gasteiger partial charge in [0, 0.05) is 54.9 Å². The second-order valence-electron chi connectivity index (χ2n) is 24.5. The predicted octanol–water partition coefficient (Wildman–Crippen LogP) is 28.4. The topological polar surface area (TPSA) is 284 Å². The third-order valence-electron chi connectivity index (χ3n) is 16.1. The number of nitrogen functional groups attached to an aromatic ring is 3. The largest absolute Gasteiger partial charge is 0.497 e. The van der Waals surface area contributed by atoms with Crippen LogP contribution in [-0.2, 0) is 19.7 Å². The summed E-state index contributed by atoms with van der Waals surface area (Å²) in [4.78, 5) is 29.1. The first-order chi connectivity index (χ1) is 56.8. The van der Waals surface area contributed by atoms with E-state index in [4.69, 9.17) is 60.2 Å². The minimum absolute atomic E-state index is 0.115. The van der Waals surface area contributed by atoms with Gasteiger partial charge in [0.25, 0.3) is 0 Å². The number of nitrogens with zero attached hydrogens (tertiary/aromatic N) is 3. The van der Waals surface area contributed by atoms with Crippen molar-refractivity contribution in [1.82, 2.24) is 9.97 Å². The molecule has 0 spiro atoms. The highest BCUT2D eigenvalue weighted by atomic mass is 79.9. The maximum atomic E-state index is 11.2. The van der Waals surface area contributed by atoms with Crippen LogP contribution < -0.4 is 65.7 Å². The number of nitrogens with two attached hydrogens (primary N) is 3. The number of aliphatic hydroxyl groups is 1. The number of aromatic amines is 1. The SMILES string of the molecule is COc1ccc(CNc2cc(Oc3ccccc3)cc(Br)c2N)cc1.COc1ccc(CNc2cc(Oc3ccccc3)cc(Br)c2N=O)cc1.Nc1c(Br)cc(Oc2ccccc2)cc1Br.Nc1ccc(Oc2ccccc2)cc1.O=Nc1c(Br)cc(Oc2ccccc2)cc1Br.OCc1nc2c(Br)cc(Oc3ccccc3)cc2[nH]1. The fourth-order valence-corrected chi connectivity index (χ4v) is 14.3. The number of H-pyrrole nitrogens is 1. The molecule has 0 unspecified atom stereocenters. The third-order valence-corrected chi connectivity index (χ3v) is 20.5. The Labute approximate surface area is 734 Å². The van der Waals surface area contributed by atoms with E-state index in [0.717, 1.165) is 103 Å². The number of benzene rings is 14. The fraction of sp³-hybridized carbons (Fsp3) is 0.0556. The molecule has 14 aromatic carbocycles. The number of aliphatic hydroxyl groups excluding tert-OH is 1. The van der Waals surface area contributed by atoms with E-state index in [-0.39, 0.29) is 6.61 Å². The quantitative estimate of drug-likeness (QED) is 0.0231. The van der Waals surface area contributed by atoms with Gasteiger partial charge in [-0.25, -0.2) is 4.98 Å². The molecule has 0 radical (unpaired) electrons. The summed E-state index contributed by atoms with van der Waals surface area (Å²) in [5.41, 5.74) is 25.4. The number of imidazole rings is 1. The van der Waals surface area contributed by atoms with Gasteiger partial charge in [-0.15, -0.1) is 9.81 Å². The molecule has 0 aliphatic carbocycles. The van der Waals surface area contributed by atoms with Gasteiger partial charge >= 0.3 is 0 Å². The van der Waals surface area contributed by atoms with Crippen molar-refractivity contribution in [3.8, 4) is 80.5 Å². The Morgan fingerprint density at radius 2 is 0.624 bits per heavy atom. The second kappa shape index (κ2) is 45.7. The molecule has 0 amide bonds. The number of hydrogen-bond acceptors (Lipinski definition) is 19. The zero-order valence-electron chi connectivity index (χ0n) is 62.4. The van der Waals surface area contributed by atoms with Gasteiger partial charge in [-0.3, -0.25) is 0 Å². The highest BCUT2D eigenvalue weighted by Gasteiger charge is 2.16. The standard InChI is InChI=1S/C20H17BrN2O3.C20H19BrN2O2.C14H11BrN2O2.C12H7Br2NO2.C12H9Br2NO.C12H11NO/c1-25-15-9-7-14(8-10-15)13-22-19-12-17(11-18(21)20(19)23-24)26-16-5-3-2-4-6-16;1-24-15-9-7-14(8-10-15)13-23-19-12-17(11-18(21)20(19)22)25-16-5-3-2-4-6-16;15-11-6-10(19-9-4-2-1-3-5-9)7-12-14(11)17-13(8-18)16-12;13-10-6-9(7-11(14)12(10)15-16)17-8-4-2-1-3-5-8;13-10-6-9(7-11(14)12(10)15)16-8-4-2-1-3-5-8;13-10-6-8-12(9-7-10)14-11-4-2-1-3-5-11/h2-12,22H,13H2,1H3;2-12,23H,13,22H2,1H3;1-7,18H,8H2,(H,16,17);1-7H;1-7H,15H2;1-9H,13H2. The van der Waals surface area contributed by atoms with Crippen LogP contribution in [0.1, 0.15) is 17.0 Å². The minimum Gasteiger partial charge on any atom is -0.497 e. The number of aromatic nitrogens is 2. The van der Waals surface area contributed by atoms with E-state index < -0.39 is 0 Å². The normalized spacial score (nSPS) is 10.2. The molecule has 1 aromatic heterocycles. The van der Waals surface area contributed by atoms with Gasteiger partial charge in [-0.05, 0) is 297 Å². The number of halogens is 7. The Balaban J connectivity index is 0.000000150. The van der Waals surface area contributed by atoms with Crippen LogP contribution in [0.25, 0.3) is 11.0 Å². The van der Waals surface area contributed by atoms with Crippen molar-refractivity contribution >= 4 is 162 Å². The lowest BCUT2D eigenvalue weighted by Gasteiger charge is -2.14. The number of anilines is 5. The molecule has 594 valence electrons. The molecule has 0 aliphatic heterocycles. The smallest absolute Gasteiger partial charge is 0.145 e. The summed E-state index contributed by atoms with van der Waals surface area (Å²) in [7, 11) is 3.29. The van der Waals surface area contributed by atoms with E-state index in [2.05, 4.69) is 142 Å². The van der Waals surface area contributed by atoms with Gasteiger partial charge < -0.3 is 75.8 Å². The monoisotopic (exact) mass is 2010 g/mol. The van der Waals surface area contributed by atoms with E-state index >= 15 is 0 Å². The fourth-order valence-electron chi connectivity index (χ4n) is 10.4. The van der Waals surface area contributed by atoms with Gasteiger partial charge in [0.2, 0.25) is 0 Å². The van der Waals surface area contributed by atoms with E-state index in [1.54, 1.807) is 38.5 Å². The second-order valence-corrected chi connectivity index (χ2v) is 30.5. The number of nitroso groups, excluding NO2 is 2. The van der Waals surface area contributed by atoms with Crippen LogP contribution in [0, 0.1) is 9.81 Å². The summed E-state index contributed by atoms with van der Waals surface area (Å²) in [6.45, 7) is 1.07. The average Bonchev–Trinajstić information content (AvgIpc) is 1.70. The van der Waals surface area contributed by atoms with E-state index in [1.165, 1.54) is 0 Å². The zero-order chi connectivity index (χ0) is 82.8. The average molecular weight is 2020 g/mol. The van der Waals surface area contributed by atoms with Crippen molar-refractivity contribution in [2.24, 2.45) is 10.4 Å². The molecule has 0 fully saturated rings. The Kier molecular flexibility index (Phi) is 34.3. The van der Waals surface area contributed by atoms with Crippen LogP contribution in [0.3, 0.4) is 0 Å².